The van der Waals surface area contributed by atoms with Crippen LogP contribution in [0.25, 0.3) is 0 Å². The highest BCUT2D eigenvalue weighted by Crippen LogP contribution is 2.57. The first kappa shape index (κ1) is 22.8. The van der Waals surface area contributed by atoms with Gasteiger partial charge in [-0.25, -0.2) is 4.79 Å². The number of carbonyl (C=O) groups is 4. The minimum atomic E-state index is -1.80. The number of rotatable bonds is 7. The number of methoxy groups -OCH3 is 2. The molecule has 0 bridgehead atoms. The first-order valence-electron chi connectivity index (χ1n) is 9.04. The van der Waals surface area contributed by atoms with Crippen molar-refractivity contribution >= 4 is 39.6 Å². The maximum Gasteiger partial charge on any atom is 0.374 e. The molecule has 0 aliphatic heterocycles. The van der Waals surface area contributed by atoms with Crippen LogP contribution in [0.3, 0.4) is 0 Å². The molecule has 0 unspecified atom stereocenters. The SMILES string of the molecule is C=C[C@H]1CC(C(=O)OC)(C(=O)OC)[C@H](c2ccc(Br)cc2)[C@H]1C(=O)C(=O)OCC. The molecule has 1 aromatic carbocycles. The Bertz CT molecular complexity index is 799. The smallest absolute Gasteiger partial charge is 0.374 e. The predicted molar refractivity (Wildman–Crippen MR) is 107 cm³/mol. The quantitative estimate of drug-likeness (QED) is 0.200. The summed E-state index contributed by atoms with van der Waals surface area (Å²) in [6, 6.07) is 6.82. The van der Waals surface area contributed by atoms with Gasteiger partial charge in [-0.05, 0) is 37.0 Å². The summed E-state index contributed by atoms with van der Waals surface area (Å²) in [5.41, 5.74) is -1.28. The van der Waals surface area contributed by atoms with Crippen molar-refractivity contribution in [3.05, 3.63) is 47.0 Å². The van der Waals surface area contributed by atoms with E-state index in [0.717, 1.165) is 18.7 Å². The van der Waals surface area contributed by atoms with Gasteiger partial charge in [0.25, 0.3) is 0 Å². The van der Waals surface area contributed by atoms with E-state index >= 15 is 0 Å². The number of hydrogen-bond acceptors (Lipinski definition) is 7. The fourth-order valence-electron chi connectivity index (χ4n) is 4.12. The molecule has 0 radical (unpaired) electrons. The molecule has 7 nitrogen and oxygen atoms in total. The monoisotopic (exact) mass is 466 g/mol. The van der Waals surface area contributed by atoms with Crippen molar-refractivity contribution in [2.75, 3.05) is 20.8 Å². The zero-order valence-electron chi connectivity index (χ0n) is 16.5. The van der Waals surface area contributed by atoms with Gasteiger partial charge in [-0.15, -0.1) is 6.58 Å². The van der Waals surface area contributed by atoms with E-state index in [4.69, 9.17) is 14.2 Å². The van der Waals surface area contributed by atoms with Crippen LogP contribution >= 0.6 is 15.9 Å². The third-order valence-corrected chi connectivity index (χ3v) is 5.85. The second-order valence-corrected chi connectivity index (χ2v) is 7.61. The zero-order chi connectivity index (χ0) is 21.8. The summed E-state index contributed by atoms with van der Waals surface area (Å²) in [4.78, 5) is 51.1. The van der Waals surface area contributed by atoms with Crippen molar-refractivity contribution in [3.8, 4) is 0 Å². The predicted octanol–water partition coefficient (Wildman–Crippen LogP) is 2.82. The van der Waals surface area contributed by atoms with Gasteiger partial charge in [-0.3, -0.25) is 14.4 Å². The van der Waals surface area contributed by atoms with Crippen molar-refractivity contribution in [3.63, 3.8) is 0 Å². The molecule has 0 spiro atoms. The van der Waals surface area contributed by atoms with Crippen molar-refractivity contribution in [1.29, 1.82) is 0 Å². The standard InChI is InChI=1S/C21H23BrO7/c1-5-12-11-21(19(25)27-3,20(26)28-4)16(13-7-9-14(22)10-8-13)15(12)17(23)18(24)29-6-2/h5,7-10,12,15-16H,1,6,11H2,2-4H3/t12-,15-,16+/m0/s1. The number of ketones is 1. The van der Waals surface area contributed by atoms with E-state index in [9.17, 15) is 19.2 Å². The summed E-state index contributed by atoms with van der Waals surface area (Å²) in [6.07, 6.45) is 1.40. The second-order valence-electron chi connectivity index (χ2n) is 6.70. The Morgan fingerprint density at radius 2 is 1.69 bits per heavy atom. The van der Waals surface area contributed by atoms with Crippen LogP contribution in [0.4, 0.5) is 0 Å². The van der Waals surface area contributed by atoms with Gasteiger partial charge in [0.2, 0.25) is 5.78 Å². The minimum absolute atomic E-state index is 0.0259. The van der Waals surface area contributed by atoms with Gasteiger partial charge >= 0.3 is 17.9 Å². The fraction of sp³-hybridized carbons (Fsp3) is 0.429. The van der Waals surface area contributed by atoms with Crippen molar-refractivity contribution < 1.29 is 33.4 Å². The van der Waals surface area contributed by atoms with Crippen LogP contribution in [0.5, 0.6) is 0 Å². The highest BCUT2D eigenvalue weighted by Gasteiger charge is 2.66. The largest absolute Gasteiger partial charge is 0.468 e. The van der Waals surface area contributed by atoms with E-state index in [0.29, 0.717) is 5.56 Å². The number of carbonyl (C=O) groups excluding carboxylic acids is 4. The van der Waals surface area contributed by atoms with Crippen LogP contribution in [0.15, 0.2) is 41.4 Å². The lowest BCUT2D eigenvalue weighted by molar-refractivity contribution is -0.171. The van der Waals surface area contributed by atoms with E-state index in [1.165, 1.54) is 6.08 Å². The molecule has 1 aliphatic rings. The lowest BCUT2D eigenvalue weighted by Gasteiger charge is -2.32. The van der Waals surface area contributed by atoms with Crippen molar-refractivity contribution in [2.45, 2.75) is 19.3 Å². The number of ether oxygens (including phenoxy) is 3. The summed E-state index contributed by atoms with van der Waals surface area (Å²) in [5, 5.41) is 0. The fourth-order valence-corrected chi connectivity index (χ4v) is 4.39. The average molecular weight is 467 g/mol. The third-order valence-electron chi connectivity index (χ3n) is 5.32. The Morgan fingerprint density at radius 1 is 1.14 bits per heavy atom. The Balaban J connectivity index is 2.75. The number of esters is 3. The maximum atomic E-state index is 13.0. The lowest BCUT2D eigenvalue weighted by Crippen LogP contribution is -2.45. The van der Waals surface area contributed by atoms with Crippen LogP contribution in [0, 0.1) is 17.3 Å². The van der Waals surface area contributed by atoms with Crippen LogP contribution in [0.2, 0.25) is 0 Å². The third kappa shape index (κ3) is 3.99. The van der Waals surface area contributed by atoms with E-state index in [1.54, 1.807) is 31.2 Å². The number of halogens is 1. The molecule has 29 heavy (non-hydrogen) atoms. The molecule has 1 fully saturated rings. The summed E-state index contributed by atoms with van der Waals surface area (Å²) < 4.78 is 15.6. The molecule has 156 valence electrons. The molecule has 3 atom stereocenters. The van der Waals surface area contributed by atoms with Gasteiger partial charge in [0, 0.05) is 16.3 Å². The molecule has 0 N–H and O–H groups in total. The summed E-state index contributed by atoms with van der Waals surface area (Å²) in [6.45, 7) is 5.36. The number of Topliss-reactive ketones (excluding diaryl/α,β-unsaturated/α-hetero) is 1. The molecule has 8 heteroatoms. The molecular formula is C21H23BrO7. The molecule has 0 heterocycles. The molecule has 1 aliphatic carbocycles. The van der Waals surface area contributed by atoms with Crippen LogP contribution < -0.4 is 0 Å². The van der Waals surface area contributed by atoms with E-state index < -0.39 is 46.9 Å². The molecule has 2 rings (SSSR count). The van der Waals surface area contributed by atoms with E-state index in [1.807, 2.05) is 0 Å². The molecule has 0 saturated heterocycles. The maximum absolute atomic E-state index is 13.0. The van der Waals surface area contributed by atoms with E-state index in [2.05, 4.69) is 22.5 Å². The molecule has 0 amide bonds. The highest BCUT2D eigenvalue weighted by molar-refractivity contribution is 9.10. The van der Waals surface area contributed by atoms with Crippen LogP contribution in [-0.2, 0) is 33.4 Å². The van der Waals surface area contributed by atoms with Crippen molar-refractivity contribution in [1.82, 2.24) is 0 Å². The first-order chi connectivity index (χ1) is 13.8. The summed E-state index contributed by atoms with van der Waals surface area (Å²) in [7, 11) is 2.32. The molecule has 1 aromatic rings. The first-order valence-corrected chi connectivity index (χ1v) is 9.83. The Hall–Kier alpha value is -2.48. The number of hydrogen-bond donors (Lipinski definition) is 0. The number of benzene rings is 1. The van der Waals surface area contributed by atoms with Gasteiger partial charge in [0.05, 0.1) is 20.8 Å². The normalized spacial score (nSPS) is 22.4. The average Bonchev–Trinajstić information content (AvgIpc) is 3.08. The van der Waals surface area contributed by atoms with Gasteiger partial charge < -0.3 is 14.2 Å². The van der Waals surface area contributed by atoms with Crippen LogP contribution in [0.1, 0.15) is 24.8 Å². The van der Waals surface area contributed by atoms with E-state index in [-0.39, 0.29) is 13.0 Å². The van der Waals surface area contributed by atoms with Gasteiger partial charge in [-0.1, -0.05) is 34.1 Å². The molecule has 1 saturated carbocycles. The van der Waals surface area contributed by atoms with Gasteiger partial charge in [0.15, 0.2) is 5.41 Å². The Labute approximate surface area is 177 Å². The van der Waals surface area contributed by atoms with Gasteiger partial charge in [0.1, 0.15) is 0 Å². The van der Waals surface area contributed by atoms with Crippen LogP contribution in [-0.4, -0.2) is 44.5 Å². The molecule has 0 aromatic heterocycles. The van der Waals surface area contributed by atoms with Crippen molar-refractivity contribution in [2.24, 2.45) is 17.3 Å². The minimum Gasteiger partial charge on any atom is -0.468 e. The topological polar surface area (TPSA) is 96.0 Å². The Morgan fingerprint density at radius 3 is 2.14 bits per heavy atom. The lowest BCUT2D eigenvalue weighted by atomic mass is 9.70. The van der Waals surface area contributed by atoms with Gasteiger partial charge in [-0.2, -0.15) is 0 Å². The zero-order valence-corrected chi connectivity index (χ0v) is 18.1. The summed E-state index contributed by atoms with van der Waals surface area (Å²) in [5.74, 6) is -6.16. The molecular weight excluding hydrogens is 444 g/mol. The number of allylic oxidation sites excluding steroid dienone is 1. The second kappa shape index (κ2) is 9.35. The summed E-state index contributed by atoms with van der Waals surface area (Å²) >= 11 is 3.34. The Kier molecular flexibility index (Phi) is 7.35. The highest BCUT2D eigenvalue weighted by atomic mass is 79.9.